The van der Waals surface area contributed by atoms with Crippen LogP contribution < -0.4 is 5.73 Å². The van der Waals surface area contributed by atoms with Gasteiger partial charge in [0, 0.05) is 17.8 Å². The fraction of sp³-hybridized carbons (Fsp3) is 0.538. The van der Waals surface area contributed by atoms with Crippen LogP contribution in [0.5, 0.6) is 0 Å². The maximum absolute atomic E-state index is 12.6. The molecule has 0 aromatic heterocycles. The SMILES string of the molecule is C[C@@H]1CCC[C@@H](C)N1S(=O)(=O)c1ccc(N)cc1. The molecule has 5 heteroatoms. The lowest BCUT2D eigenvalue weighted by Gasteiger charge is -2.37. The van der Waals surface area contributed by atoms with Gasteiger partial charge in [-0.2, -0.15) is 4.31 Å². The molecule has 1 heterocycles. The molecular weight excluding hydrogens is 248 g/mol. The highest BCUT2D eigenvalue weighted by molar-refractivity contribution is 7.89. The van der Waals surface area contributed by atoms with Crippen molar-refractivity contribution >= 4 is 15.7 Å². The number of benzene rings is 1. The Bertz CT molecular complexity index is 500. The summed E-state index contributed by atoms with van der Waals surface area (Å²) in [5.74, 6) is 0. The zero-order valence-electron chi connectivity index (χ0n) is 10.8. The largest absolute Gasteiger partial charge is 0.399 e. The molecular formula is C13H20N2O2S. The van der Waals surface area contributed by atoms with Crippen LogP contribution in [0.3, 0.4) is 0 Å². The van der Waals surface area contributed by atoms with Gasteiger partial charge in [0.2, 0.25) is 10.0 Å². The number of nitrogen functional groups attached to an aromatic ring is 1. The number of anilines is 1. The quantitative estimate of drug-likeness (QED) is 0.836. The average Bonchev–Trinajstić information content (AvgIpc) is 2.29. The van der Waals surface area contributed by atoms with Gasteiger partial charge in [-0.15, -0.1) is 0 Å². The Kier molecular flexibility index (Phi) is 3.64. The van der Waals surface area contributed by atoms with Gasteiger partial charge >= 0.3 is 0 Å². The third-order valence-corrected chi connectivity index (χ3v) is 5.71. The Balaban J connectivity index is 2.38. The second-order valence-corrected chi connectivity index (χ2v) is 6.88. The van der Waals surface area contributed by atoms with Crippen molar-refractivity contribution in [1.29, 1.82) is 0 Å². The van der Waals surface area contributed by atoms with Crippen molar-refractivity contribution in [2.45, 2.75) is 50.1 Å². The van der Waals surface area contributed by atoms with E-state index in [0.29, 0.717) is 10.6 Å². The first-order valence-electron chi connectivity index (χ1n) is 6.32. The molecule has 18 heavy (non-hydrogen) atoms. The van der Waals surface area contributed by atoms with Gasteiger partial charge in [-0.05, 0) is 51.0 Å². The van der Waals surface area contributed by atoms with E-state index < -0.39 is 10.0 Å². The minimum atomic E-state index is -3.40. The van der Waals surface area contributed by atoms with Crippen molar-refractivity contribution in [2.75, 3.05) is 5.73 Å². The van der Waals surface area contributed by atoms with Gasteiger partial charge < -0.3 is 5.73 Å². The minimum absolute atomic E-state index is 0.0660. The van der Waals surface area contributed by atoms with E-state index in [9.17, 15) is 8.42 Å². The molecule has 1 saturated heterocycles. The zero-order valence-corrected chi connectivity index (χ0v) is 11.7. The second-order valence-electron chi connectivity index (χ2n) is 5.03. The normalized spacial score (nSPS) is 26.1. The van der Waals surface area contributed by atoms with E-state index in [1.807, 2.05) is 13.8 Å². The molecule has 100 valence electrons. The van der Waals surface area contributed by atoms with Gasteiger partial charge in [-0.25, -0.2) is 8.42 Å². The van der Waals surface area contributed by atoms with Crippen LogP contribution in [0.1, 0.15) is 33.1 Å². The predicted molar refractivity (Wildman–Crippen MR) is 72.7 cm³/mol. The summed E-state index contributed by atoms with van der Waals surface area (Å²) in [6.07, 6.45) is 2.95. The smallest absolute Gasteiger partial charge is 0.243 e. The van der Waals surface area contributed by atoms with Crippen molar-refractivity contribution in [3.05, 3.63) is 24.3 Å². The summed E-state index contributed by atoms with van der Waals surface area (Å²) >= 11 is 0. The highest BCUT2D eigenvalue weighted by Crippen LogP contribution is 2.29. The molecule has 4 nitrogen and oxygen atoms in total. The van der Waals surface area contributed by atoms with E-state index in [-0.39, 0.29) is 12.1 Å². The molecule has 1 aromatic carbocycles. The summed E-state index contributed by atoms with van der Waals surface area (Å²) in [6.45, 7) is 3.95. The van der Waals surface area contributed by atoms with E-state index in [1.54, 1.807) is 28.6 Å². The van der Waals surface area contributed by atoms with Crippen molar-refractivity contribution in [1.82, 2.24) is 4.31 Å². The van der Waals surface area contributed by atoms with Crippen LogP contribution >= 0.6 is 0 Å². The Morgan fingerprint density at radius 2 is 1.61 bits per heavy atom. The Morgan fingerprint density at radius 1 is 1.11 bits per heavy atom. The predicted octanol–water partition coefficient (Wildman–Crippen LogP) is 2.22. The molecule has 0 unspecified atom stereocenters. The van der Waals surface area contributed by atoms with Crippen LogP contribution in [0.25, 0.3) is 0 Å². The van der Waals surface area contributed by atoms with Gasteiger partial charge in [0.05, 0.1) is 4.90 Å². The Hall–Kier alpha value is -1.07. The molecule has 0 radical (unpaired) electrons. The van der Waals surface area contributed by atoms with Gasteiger partial charge in [-0.1, -0.05) is 6.42 Å². The van der Waals surface area contributed by atoms with Crippen molar-refractivity contribution in [2.24, 2.45) is 0 Å². The van der Waals surface area contributed by atoms with Crippen molar-refractivity contribution in [3.8, 4) is 0 Å². The highest BCUT2D eigenvalue weighted by atomic mass is 32.2. The molecule has 1 aromatic rings. The summed E-state index contributed by atoms with van der Waals surface area (Å²) in [7, 11) is -3.40. The van der Waals surface area contributed by atoms with Crippen LogP contribution in [-0.2, 0) is 10.0 Å². The molecule has 0 spiro atoms. The van der Waals surface area contributed by atoms with Gasteiger partial charge in [0.15, 0.2) is 0 Å². The fourth-order valence-corrected chi connectivity index (χ4v) is 4.51. The lowest BCUT2D eigenvalue weighted by atomic mass is 10.0. The molecule has 2 N–H and O–H groups in total. The third-order valence-electron chi connectivity index (χ3n) is 3.57. The first-order chi connectivity index (χ1) is 8.43. The molecule has 0 saturated carbocycles. The summed E-state index contributed by atoms with van der Waals surface area (Å²) in [5, 5.41) is 0. The summed E-state index contributed by atoms with van der Waals surface area (Å²) in [5.41, 5.74) is 6.17. The van der Waals surface area contributed by atoms with Crippen LogP contribution in [0.4, 0.5) is 5.69 Å². The third kappa shape index (κ3) is 2.37. The monoisotopic (exact) mass is 268 g/mol. The lowest BCUT2D eigenvalue weighted by Crippen LogP contribution is -2.47. The van der Waals surface area contributed by atoms with E-state index in [1.165, 1.54) is 0 Å². The number of rotatable bonds is 2. The van der Waals surface area contributed by atoms with Crippen LogP contribution in [0.15, 0.2) is 29.2 Å². The van der Waals surface area contributed by atoms with Gasteiger partial charge in [-0.3, -0.25) is 0 Å². The molecule has 0 amide bonds. The minimum Gasteiger partial charge on any atom is -0.399 e. The highest BCUT2D eigenvalue weighted by Gasteiger charge is 2.35. The van der Waals surface area contributed by atoms with Crippen LogP contribution in [0, 0.1) is 0 Å². The Morgan fingerprint density at radius 3 is 2.11 bits per heavy atom. The molecule has 1 fully saturated rings. The molecule has 2 atom stereocenters. The summed E-state index contributed by atoms with van der Waals surface area (Å²) in [6, 6.07) is 6.56. The van der Waals surface area contributed by atoms with E-state index >= 15 is 0 Å². The van der Waals surface area contributed by atoms with Gasteiger partial charge in [0.1, 0.15) is 0 Å². The van der Waals surface area contributed by atoms with E-state index in [0.717, 1.165) is 19.3 Å². The number of hydrogen-bond donors (Lipinski definition) is 1. The molecule has 1 aliphatic rings. The van der Waals surface area contributed by atoms with E-state index in [2.05, 4.69) is 0 Å². The van der Waals surface area contributed by atoms with E-state index in [4.69, 9.17) is 5.73 Å². The first-order valence-corrected chi connectivity index (χ1v) is 7.76. The summed E-state index contributed by atoms with van der Waals surface area (Å²) < 4.78 is 26.8. The van der Waals surface area contributed by atoms with Crippen LogP contribution in [-0.4, -0.2) is 24.8 Å². The number of nitrogens with two attached hydrogens (primary N) is 1. The van der Waals surface area contributed by atoms with Crippen molar-refractivity contribution in [3.63, 3.8) is 0 Å². The molecule has 0 bridgehead atoms. The van der Waals surface area contributed by atoms with Gasteiger partial charge in [0.25, 0.3) is 0 Å². The fourth-order valence-electron chi connectivity index (χ4n) is 2.63. The molecule has 0 aliphatic carbocycles. The first kappa shape index (κ1) is 13.4. The zero-order chi connectivity index (χ0) is 13.3. The number of piperidine rings is 1. The topological polar surface area (TPSA) is 63.4 Å². The number of nitrogens with zero attached hydrogens (tertiary/aromatic N) is 1. The molecule has 1 aliphatic heterocycles. The lowest BCUT2D eigenvalue weighted by molar-refractivity contribution is 0.204. The number of hydrogen-bond acceptors (Lipinski definition) is 3. The average molecular weight is 268 g/mol. The van der Waals surface area contributed by atoms with Crippen molar-refractivity contribution < 1.29 is 8.42 Å². The standard InChI is InChI=1S/C13H20N2O2S/c1-10-4-3-5-11(2)15(10)18(16,17)13-8-6-12(14)7-9-13/h6-11H,3-5,14H2,1-2H3/t10-,11-/m1/s1. The maximum atomic E-state index is 12.6. The number of sulfonamides is 1. The second kappa shape index (κ2) is 4.90. The summed E-state index contributed by atoms with van der Waals surface area (Å²) in [4.78, 5) is 0.331. The van der Waals surface area contributed by atoms with Crippen LogP contribution in [0.2, 0.25) is 0 Å². The maximum Gasteiger partial charge on any atom is 0.243 e. The molecule has 2 rings (SSSR count). The Labute approximate surface area is 109 Å².